The maximum absolute atomic E-state index is 10.8. The lowest BCUT2D eigenvalue weighted by Crippen LogP contribution is -1.95. The second kappa shape index (κ2) is 4.04. The molecule has 90 valence electrons. The minimum Gasteiger partial charge on any atom is -0.508 e. The molecule has 5 nitrogen and oxygen atoms in total. The first-order valence-corrected chi connectivity index (χ1v) is 6.62. The molecule has 3 rings (SSSR count). The number of thiazole rings is 2. The fourth-order valence-electron chi connectivity index (χ4n) is 1.47. The minimum absolute atomic E-state index is 0.0251. The number of nitrogens with zero attached hydrogens (tertiary/aromatic N) is 2. The smallest absolute Gasteiger partial charge is 0.355 e. The van der Waals surface area contributed by atoms with Crippen molar-refractivity contribution in [3.8, 4) is 15.8 Å². The van der Waals surface area contributed by atoms with Gasteiger partial charge in [0.1, 0.15) is 5.75 Å². The minimum atomic E-state index is -1.05. The second-order valence-electron chi connectivity index (χ2n) is 3.51. The number of benzene rings is 1. The molecule has 0 aliphatic carbocycles. The van der Waals surface area contributed by atoms with Gasteiger partial charge in [-0.3, -0.25) is 0 Å². The monoisotopic (exact) mass is 278 g/mol. The Morgan fingerprint density at radius 3 is 2.78 bits per heavy atom. The molecule has 0 fully saturated rings. The number of carboxylic acid groups (broad SMARTS) is 1. The number of aromatic carboxylic acids is 1. The number of carbonyl (C=O) groups is 1. The normalized spacial score (nSPS) is 10.9. The molecule has 0 radical (unpaired) electrons. The Morgan fingerprint density at radius 2 is 2.06 bits per heavy atom. The Morgan fingerprint density at radius 1 is 1.22 bits per heavy atom. The Labute approximate surface area is 109 Å². The summed E-state index contributed by atoms with van der Waals surface area (Å²) in [7, 11) is 0. The fourth-order valence-corrected chi connectivity index (χ4v) is 3.30. The lowest BCUT2D eigenvalue weighted by molar-refractivity contribution is 0.0691. The third kappa shape index (κ3) is 1.83. The van der Waals surface area contributed by atoms with Crippen LogP contribution in [0.3, 0.4) is 0 Å². The lowest BCUT2D eigenvalue weighted by atomic mass is 10.3. The van der Waals surface area contributed by atoms with Crippen LogP contribution in [0.25, 0.3) is 20.2 Å². The molecular weight excluding hydrogens is 272 g/mol. The van der Waals surface area contributed by atoms with Gasteiger partial charge in [0, 0.05) is 5.38 Å². The lowest BCUT2D eigenvalue weighted by Gasteiger charge is -1.87. The van der Waals surface area contributed by atoms with Gasteiger partial charge in [-0.05, 0) is 18.2 Å². The molecule has 1 aromatic carbocycles. The molecule has 0 aliphatic rings. The van der Waals surface area contributed by atoms with Crippen LogP contribution in [0.2, 0.25) is 0 Å². The Bertz CT molecular complexity index is 748. The number of rotatable bonds is 2. The van der Waals surface area contributed by atoms with E-state index in [9.17, 15) is 9.90 Å². The summed E-state index contributed by atoms with van der Waals surface area (Å²) in [5.74, 6) is -0.862. The standard InChI is InChI=1S/C11H6N2O3S2/c14-5-1-2-6-8(3-5)18-10(12-6)9-13-7(4-17-9)11(15)16/h1-4,14H,(H,15,16). The van der Waals surface area contributed by atoms with Crippen LogP contribution in [0.15, 0.2) is 23.6 Å². The number of aromatic hydroxyl groups is 1. The highest BCUT2D eigenvalue weighted by molar-refractivity contribution is 7.25. The van der Waals surface area contributed by atoms with E-state index in [1.54, 1.807) is 18.2 Å². The molecular formula is C11H6N2O3S2. The maximum atomic E-state index is 10.8. The van der Waals surface area contributed by atoms with Crippen molar-refractivity contribution in [2.24, 2.45) is 0 Å². The molecule has 2 aromatic heterocycles. The fraction of sp³-hybridized carbons (Fsp3) is 0. The van der Waals surface area contributed by atoms with Crippen LogP contribution in [0.5, 0.6) is 5.75 Å². The predicted molar refractivity (Wildman–Crippen MR) is 69.4 cm³/mol. The zero-order valence-corrected chi connectivity index (χ0v) is 10.5. The van der Waals surface area contributed by atoms with Gasteiger partial charge in [-0.15, -0.1) is 22.7 Å². The van der Waals surface area contributed by atoms with Crippen LogP contribution < -0.4 is 0 Å². The third-order valence-electron chi connectivity index (χ3n) is 2.28. The number of aromatic nitrogens is 2. The van der Waals surface area contributed by atoms with E-state index in [0.29, 0.717) is 10.0 Å². The van der Waals surface area contributed by atoms with Gasteiger partial charge in [0.2, 0.25) is 0 Å². The SMILES string of the molecule is O=C(O)c1csc(-c2nc3ccc(O)cc3s2)n1. The molecule has 7 heteroatoms. The van der Waals surface area contributed by atoms with E-state index in [2.05, 4.69) is 9.97 Å². The van der Waals surface area contributed by atoms with E-state index in [1.165, 1.54) is 28.1 Å². The number of fused-ring (bicyclic) bond motifs is 1. The van der Waals surface area contributed by atoms with E-state index in [4.69, 9.17) is 5.11 Å². The third-order valence-corrected chi connectivity index (χ3v) is 4.28. The Hall–Kier alpha value is -1.99. The van der Waals surface area contributed by atoms with Gasteiger partial charge < -0.3 is 10.2 Å². The average molecular weight is 278 g/mol. The summed E-state index contributed by atoms with van der Waals surface area (Å²) in [5, 5.41) is 20.9. The molecule has 0 amide bonds. The summed E-state index contributed by atoms with van der Waals surface area (Å²) in [6.07, 6.45) is 0. The van der Waals surface area contributed by atoms with Crippen LogP contribution in [-0.4, -0.2) is 26.2 Å². The summed E-state index contributed by atoms with van der Waals surface area (Å²) in [6, 6.07) is 4.91. The molecule has 3 aromatic rings. The predicted octanol–water partition coefficient (Wildman–Crippen LogP) is 2.82. The number of hydrogen-bond acceptors (Lipinski definition) is 6. The van der Waals surface area contributed by atoms with Crippen molar-refractivity contribution in [3.05, 3.63) is 29.3 Å². The molecule has 18 heavy (non-hydrogen) atoms. The van der Waals surface area contributed by atoms with Crippen molar-refractivity contribution in [3.63, 3.8) is 0 Å². The van der Waals surface area contributed by atoms with Crippen molar-refractivity contribution in [1.82, 2.24) is 9.97 Å². The summed E-state index contributed by atoms with van der Waals surface area (Å²) < 4.78 is 0.845. The first kappa shape index (κ1) is 11.1. The van der Waals surface area contributed by atoms with E-state index in [0.717, 1.165) is 10.2 Å². The van der Waals surface area contributed by atoms with E-state index >= 15 is 0 Å². The summed E-state index contributed by atoms with van der Waals surface area (Å²) in [4.78, 5) is 19.1. The summed E-state index contributed by atoms with van der Waals surface area (Å²) in [5.41, 5.74) is 0.789. The Balaban J connectivity index is 2.10. The molecule has 2 N–H and O–H groups in total. The molecule has 0 spiro atoms. The van der Waals surface area contributed by atoms with Crippen LogP contribution in [0, 0.1) is 0 Å². The van der Waals surface area contributed by atoms with Gasteiger partial charge in [-0.1, -0.05) is 0 Å². The highest BCUT2D eigenvalue weighted by atomic mass is 32.1. The van der Waals surface area contributed by atoms with Gasteiger partial charge in [0.25, 0.3) is 0 Å². The molecule has 2 heterocycles. The maximum Gasteiger partial charge on any atom is 0.355 e. The van der Waals surface area contributed by atoms with Gasteiger partial charge in [-0.25, -0.2) is 14.8 Å². The quantitative estimate of drug-likeness (QED) is 0.753. The van der Waals surface area contributed by atoms with E-state index in [1.807, 2.05) is 0 Å². The van der Waals surface area contributed by atoms with Crippen molar-refractivity contribution >= 4 is 38.9 Å². The van der Waals surface area contributed by atoms with Crippen LogP contribution in [-0.2, 0) is 0 Å². The van der Waals surface area contributed by atoms with Crippen LogP contribution >= 0.6 is 22.7 Å². The topological polar surface area (TPSA) is 83.3 Å². The Kier molecular flexibility index (Phi) is 2.49. The summed E-state index contributed by atoms with van der Waals surface area (Å²) in [6.45, 7) is 0. The van der Waals surface area contributed by atoms with Crippen LogP contribution in [0.1, 0.15) is 10.5 Å². The number of phenols is 1. The molecule has 0 saturated carbocycles. The van der Waals surface area contributed by atoms with Crippen molar-refractivity contribution in [2.75, 3.05) is 0 Å². The van der Waals surface area contributed by atoms with Crippen LogP contribution in [0.4, 0.5) is 0 Å². The number of carboxylic acids is 1. The largest absolute Gasteiger partial charge is 0.508 e. The number of phenolic OH excluding ortho intramolecular Hbond substituents is 1. The van der Waals surface area contributed by atoms with Crippen molar-refractivity contribution in [1.29, 1.82) is 0 Å². The molecule has 0 bridgehead atoms. The average Bonchev–Trinajstić information content (AvgIpc) is 2.93. The first-order valence-electron chi connectivity index (χ1n) is 4.92. The molecule has 0 atom stereocenters. The molecule has 0 saturated heterocycles. The molecule has 0 unspecified atom stereocenters. The zero-order chi connectivity index (χ0) is 12.7. The van der Waals surface area contributed by atoms with Gasteiger partial charge in [0.15, 0.2) is 15.7 Å². The highest BCUT2D eigenvalue weighted by Gasteiger charge is 2.13. The van der Waals surface area contributed by atoms with Gasteiger partial charge >= 0.3 is 5.97 Å². The summed E-state index contributed by atoms with van der Waals surface area (Å²) >= 11 is 2.62. The highest BCUT2D eigenvalue weighted by Crippen LogP contribution is 2.33. The second-order valence-corrected chi connectivity index (χ2v) is 5.40. The van der Waals surface area contributed by atoms with Crippen molar-refractivity contribution < 1.29 is 15.0 Å². The molecule has 0 aliphatic heterocycles. The number of hydrogen-bond donors (Lipinski definition) is 2. The first-order chi connectivity index (χ1) is 8.63. The van der Waals surface area contributed by atoms with E-state index < -0.39 is 5.97 Å². The van der Waals surface area contributed by atoms with E-state index in [-0.39, 0.29) is 11.4 Å². The van der Waals surface area contributed by atoms with Gasteiger partial charge in [0.05, 0.1) is 10.2 Å². The zero-order valence-electron chi connectivity index (χ0n) is 8.82. The van der Waals surface area contributed by atoms with Gasteiger partial charge in [-0.2, -0.15) is 0 Å². The van der Waals surface area contributed by atoms with Crippen molar-refractivity contribution in [2.45, 2.75) is 0 Å².